The molecule has 6 heteroatoms. The van der Waals surface area contributed by atoms with Gasteiger partial charge in [0.25, 0.3) is 5.56 Å². The molecule has 3 aromatic carbocycles. The summed E-state index contributed by atoms with van der Waals surface area (Å²) in [6, 6.07) is 26.7. The van der Waals surface area contributed by atoms with Gasteiger partial charge in [0.2, 0.25) is 0 Å². The van der Waals surface area contributed by atoms with Gasteiger partial charge in [-0.05, 0) is 36.2 Å². The molecule has 164 valence electrons. The zero-order chi connectivity index (χ0) is 22.6. The second-order valence-corrected chi connectivity index (χ2v) is 7.99. The minimum absolute atomic E-state index is 0.295. The van der Waals surface area contributed by atoms with Gasteiger partial charge in [-0.25, -0.2) is 14.3 Å². The van der Waals surface area contributed by atoms with Crippen molar-refractivity contribution in [2.24, 2.45) is 0 Å². The summed E-state index contributed by atoms with van der Waals surface area (Å²) in [7, 11) is 0. The maximum Gasteiger partial charge on any atom is 0.336 e. The number of rotatable bonds is 7. The van der Waals surface area contributed by atoms with Crippen LogP contribution in [0.25, 0.3) is 16.6 Å². The van der Waals surface area contributed by atoms with Gasteiger partial charge in [-0.1, -0.05) is 60.7 Å². The molecule has 6 nitrogen and oxygen atoms in total. The highest BCUT2D eigenvalue weighted by molar-refractivity contribution is 5.78. The van der Waals surface area contributed by atoms with Crippen molar-refractivity contribution in [1.82, 2.24) is 18.7 Å². The van der Waals surface area contributed by atoms with Crippen LogP contribution in [0.3, 0.4) is 0 Å². The minimum Gasteiger partial charge on any atom is -0.331 e. The number of aromatic nitrogens is 4. The van der Waals surface area contributed by atoms with E-state index in [2.05, 4.69) is 21.7 Å². The Bertz CT molecular complexity index is 1500. The molecule has 0 aliphatic heterocycles. The predicted octanol–water partition coefficient (Wildman–Crippen LogP) is 4.03. The Morgan fingerprint density at radius 2 is 1.48 bits per heavy atom. The Morgan fingerprint density at radius 1 is 0.788 bits per heavy atom. The van der Waals surface area contributed by atoms with Crippen LogP contribution in [-0.2, 0) is 19.5 Å². The summed E-state index contributed by atoms with van der Waals surface area (Å²) in [5.74, 6) is 0.979. The third-order valence-corrected chi connectivity index (χ3v) is 5.84. The lowest BCUT2D eigenvalue weighted by atomic mass is 10.2. The Balaban J connectivity index is 1.44. The van der Waals surface area contributed by atoms with Crippen molar-refractivity contribution in [2.45, 2.75) is 25.9 Å². The number of fused-ring (bicyclic) bond motifs is 1. The van der Waals surface area contributed by atoms with Crippen LogP contribution in [0, 0.1) is 0 Å². The number of aryl methyl sites for hydroxylation is 2. The molecule has 33 heavy (non-hydrogen) atoms. The Hall–Kier alpha value is -4.19. The number of imidazole rings is 1. The molecule has 0 unspecified atom stereocenters. The summed E-state index contributed by atoms with van der Waals surface area (Å²) in [6.07, 6.45) is 5.25. The molecule has 0 N–H and O–H groups in total. The Kier molecular flexibility index (Phi) is 5.72. The lowest BCUT2D eigenvalue weighted by Gasteiger charge is -2.14. The molecular formula is C27H24N4O2. The molecule has 2 heterocycles. The van der Waals surface area contributed by atoms with Gasteiger partial charge in [0.05, 0.1) is 16.6 Å². The molecule has 5 rings (SSSR count). The zero-order valence-electron chi connectivity index (χ0n) is 18.2. The highest BCUT2D eigenvalue weighted by Crippen LogP contribution is 2.12. The van der Waals surface area contributed by atoms with E-state index in [4.69, 9.17) is 0 Å². The van der Waals surface area contributed by atoms with E-state index in [-0.39, 0.29) is 11.2 Å². The first-order valence-corrected chi connectivity index (χ1v) is 11.1. The van der Waals surface area contributed by atoms with Crippen LogP contribution in [0.1, 0.15) is 17.8 Å². The van der Waals surface area contributed by atoms with Crippen molar-refractivity contribution in [3.05, 3.63) is 130 Å². The number of para-hydroxylation sites is 2. The van der Waals surface area contributed by atoms with E-state index in [1.165, 1.54) is 10.1 Å². The van der Waals surface area contributed by atoms with Crippen LogP contribution in [0.2, 0.25) is 0 Å². The van der Waals surface area contributed by atoms with E-state index in [1.807, 2.05) is 67.0 Å². The largest absolute Gasteiger partial charge is 0.336 e. The molecule has 0 saturated heterocycles. The predicted molar refractivity (Wildman–Crippen MR) is 130 cm³/mol. The smallest absolute Gasteiger partial charge is 0.331 e. The lowest BCUT2D eigenvalue weighted by molar-refractivity contribution is 0.588. The fraction of sp³-hybridized carbons (Fsp3) is 0.148. The third-order valence-electron chi connectivity index (χ3n) is 5.84. The zero-order valence-corrected chi connectivity index (χ0v) is 18.2. The van der Waals surface area contributed by atoms with Gasteiger partial charge in [-0.15, -0.1) is 0 Å². The monoisotopic (exact) mass is 436 g/mol. The molecule has 0 amide bonds. The summed E-state index contributed by atoms with van der Waals surface area (Å²) in [4.78, 5) is 31.1. The van der Waals surface area contributed by atoms with Gasteiger partial charge >= 0.3 is 5.69 Å². The molecule has 5 aromatic rings. The summed E-state index contributed by atoms with van der Waals surface area (Å²) in [5.41, 5.74) is 1.83. The van der Waals surface area contributed by atoms with Crippen LogP contribution >= 0.6 is 0 Å². The van der Waals surface area contributed by atoms with E-state index in [9.17, 15) is 9.59 Å². The van der Waals surface area contributed by atoms with Crippen molar-refractivity contribution >= 4 is 10.9 Å². The normalized spacial score (nSPS) is 11.2. The van der Waals surface area contributed by atoms with Crippen molar-refractivity contribution in [3.63, 3.8) is 0 Å². The molecule has 0 aliphatic carbocycles. The summed E-state index contributed by atoms with van der Waals surface area (Å²) < 4.78 is 5.11. The molecule has 0 fully saturated rings. The molecule has 0 radical (unpaired) electrons. The Morgan fingerprint density at radius 3 is 2.27 bits per heavy atom. The van der Waals surface area contributed by atoms with Gasteiger partial charge in [-0.2, -0.15) is 0 Å². The lowest BCUT2D eigenvalue weighted by Crippen LogP contribution is -2.39. The van der Waals surface area contributed by atoms with Crippen LogP contribution < -0.4 is 11.2 Å². The summed E-state index contributed by atoms with van der Waals surface area (Å²) in [6.45, 7) is 1.25. The SMILES string of the molecule is O=c1c2ccccc2n(CCCc2nccn2Cc2ccccc2)c(=O)n1-c1ccccc1. The van der Waals surface area contributed by atoms with Crippen LogP contribution in [0.15, 0.2) is 107 Å². The standard InChI is InChI=1S/C27H24N4O2/c32-26-23-14-7-8-15-24(23)30(27(33)31(26)22-12-5-2-6-13-22)18-9-16-25-28-17-19-29(25)20-21-10-3-1-4-11-21/h1-8,10-15,17,19H,9,16,18,20H2. The highest BCUT2D eigenvalue weighted by Gasteiger charge is 2.14. The van der Waals surface area contributed by atoms with E-state index >= 15 is 0 Å². The molecular weight excluding hydrogens is 412 g/mol. The van der Waals surface area contributed by atoms with Crippen LogP contribution in [-0.4, -0.2) is 18.7 Å². The second kappa shape index (κ2) is 9.12. The molecule has 2 aromatic heterocycles. The van der Waals surface area contributed by atoms with E-state index < -0.39 is 0 Å². The van der Waals surface area contributed by atoms with E-state index in [1.54, 1.807) is 22.8 Å². The maximum absolute atomic E-state index is 13.4. The summed E-state index contributed by atoms with van der Waals surface area (Å²) in [5, 5.41) is 0.534. The summed E-state index contributed by atoms with van der Waals surface area (Å²) >= 11 is 0. The van der Waals surface area contributed by atoms with Gasteiger partial charge in [0, 0.05) is 31.9 Å². The number of nitrogens with zero attached hydrogens (tertiary/aromatic N) is 4. The van der Waals surface area contributed by atoms with Gasteiger partial charge in [-0.3, -0.25) is 9.36 Å². The first-order valence-electron chi connectivity index (χ1n) is 11.1. The third kappa shape index (κ3) is 4.15. The molecule has 0 saturated carbocycles. The van der Waals surface area contributed by atoms with Gasteiger partial charge in [0.15, 0.2) is 0 Å². The molecule has 0 spiro atoms. The number of hydrogen-bond acceptors (Lipinski definition) is 3. The second-order valence-electron chi connectivity index (χ2n) is 7.99. The molecule has 0 bridgehead atoms. The number of hydrogen-bond donors (Lipinski definition) is 0. The first-order chi connectivity index (χ1) is 16.2. The van der Waals surface area contributed by atoms with Gasteiger partial charge < -0.3 is 4.57 Å². The average molecular weight is 437 g/mol. The molecule has 0 aliphatic rings. The van der Waals surface area contributed by atoms with E-state index in [0.29, 0.717) is 23.1 Å². The quantitative estimate of drug-likeness (QED) is 0.387. The van der Waals surface area contributed by atoms with Crippen molar-refractivity contribution < 1.29 is 0 Å². The highest BCUT2D eigenvalue weighted by atomic mass is 16.2. The van der Waals surface area contributed by atoms with Crippen molar-refractivity contribution in [2.75, 3.05) is 0 Å². The first kappa shape index (κ1) is 20.7. The van der Waals surface area contributed by atoms with E-state index in [0.717, 1.165) is 25.2 Å². The topological polar surface area (TPSA) is 61.8 Å². The average Bonchev–Trinajstić information content (AvgIpc) is 3.29. The number of benzene rings is 3. The van der Waals surface area contributed by atoms with Crippen molar-refractivity contribution in [1.29, 1.82) is 0 Å². The molecule has 0 atom stereocenters. The van der Waals surface area contributed by atoms with Crippen molar-refractivity contribution in [3.8, 4) is 5.69 Å². The Labute approximate surface area is 191 Å². The van der Waals surface area contributed by atoms with Gasteiger partial charge in [0.1, 0.15) is 5.82 Å². The maximum atomic E-state index is 13.4. The fourth-order valence-electron chi connectivity index (χ4n) is 4.23. The van der Waals surface area contributed by atoms with Crippen LogP contribution in [0.5, 0.6) is 0 Å². The van der Waals surface area contributed by atoms with Crippen LogP contribution in [0.4, 0.5) is 0 Å². The minimum atomic E-state index is -0.322. The fourth-order valence-corrected chi connectivity index (χ4v) is 4.23.